The monoisotopic (exact) mass is 241 g/mol. The van der Waals surface area contributed by atoms with E-state index in [2.05, 4.69) is 10.3 Å². The van der Waals surface area contributed by atoms with E-state index in [-0.39, 0.29) is 6.67 Å². The third-order valence-electron chi connectivity index (χ3n) is 2.36. The quantitative estimate of drug-likeness (QED) is 0.815. The van der Waals surface area contributed by atoms with Gasteiger partial charge >= 0.3 is 0 Å². The molecule has 3 nitrogen and oxygen atoms in total. The molecule has 0 saturated carbocycles. The van der Waals surface area contributed by atoms with Crippen LogP contribution in [0.1, 0.15) is 12.1 Å². The predicted molar refractivity (Wildman–Crippen MR) is 62.5 cm³/mol. The molecule has 0 atom stereocenters. The van der Waals surface area contributed by atoms with Crippen molar-refractivity contribution >= 4 is 17.2 Å². The molecule has 16 heavy (non-hydrogen) atoms. The predicted octanol–water partition coefficient (Wildman–Crippen LogP) is 2.44. The first-order valence-corrected chi connectivity index (χ1v) is 5.59. The number of nitrogens with zero attached hydrogens (tertiary/aromatic N) is 2. The molecule has 86 valence electrons. The molecule has 0 radical (unpaired) electrons. The Morgan fingerprint density at radius 3 is 3.12 bits per heavy atom. The maximum absolute atomic E-state index is 11.9. The lowest BCUT2D eigenvalue weighted by Crippen LogP contribution is -2.16. The molecule has 0 aliphatic rings. The van der Waals surface area contributed by atoms with Gasteiger partial charge in [0.1, 0.15) is 5.65 Å². The van der Waals surface area contributed by atoms with Gasteiger partial charge in [-0.3, -0.25) is 4.39 Å². The highest BCUT2D eigenvalue weighted by molar-refractivity contribution is 6.30. The van der Waals surface area contributed by atoms with Gasteiger partial charge in [0.05, 0.1) is 12.4 Å². The van der Waals surface area contributed by atoms with Crippen molar-refractivity contribution in [1.82, 2.24) is 14.7 Å². The van der Waals surface area contributed by atoms with Crippen LogP contribution < -0.4 is 5.32 Å². The van der Waals surface area contributed by atoms with E-state index in [1.807, 2.05) is 28.8 Å². The molecule has 5 heteroatoms. The Morgan fingerprint density at radius 2 is 2.31 bits per heavy atom. The van der Waals surface area contributed by atoms with Crippen molar-refractivity contribution in [3.8, 4) is 0 Å². The second-order valence-electron chi connectivity index (χ2n) is 3.50. The van der Waals surface area contributed by atoms with Gasteiger partial charge in [-0.05, 0) is 25.1 Å². The van der Waals surface area contributed by atoms with Crippen molar-refractivity contribution in [3.05, 3.63) is 35.2 Å². The topological polar surface area (TPSA) is 29.3 Å². The summed E-state index contributed by atoms with van der Waals surface area (Å²) in [4.78, 5) is 4.23. The van der Waals surface area contributed by atoms with Crippen LogP contribution in [0.15, 0.2) is 24.4 Å². The molecule has 0 aliphatic heterocycles. The molecule has 0 unspecified atom stereocenters. The van der Waals surface area contributed by atoms with Crippen molar-refractivity contribution in [2.45, 2.75) is 13.0 Å². The van der Waals surface area contributed by atoms with E-state index in [0.717, 1.165) is 11.3 Å². The van der Waals surface area contributed by atoms with E-state index in [1.165, 1.54) is 0 Å². The molecule has 2 aromatic heterocycles. The lowest BCUT2D eigenvalue weighted by Gasteiger charge is -2.03. The van der Waals surface area contributed by atoms with Crippen molar-refractivity contribution in [1.29, 1.82) is 0 Å². The van der Waals surface area contributed by atoms with Gasteiger partial charge in [-0.2, -0.15) is 0 Å². The summed E-state index contributed by atoms with van der Waals surface area (Å²) in [6.07, 6.45) is 2.44. The Kier molecular flexibility index (Phi) is 3.74. The van der Waals surface area contributed by atoms with Crippen molar-refractivity contribution in [3.63, 3.8) is 0 Å². The first-order valence-electron chi connectivity index (χ1n) is 5.21. The molecule has 0 amide bonds. The lowest BCUT2D eigenvalue weighted by atomic mass is 10.4. The van der Waals surface area contributed by atoms with Gasteiger partial charge in [-0.25, -0.2) is 4.98 Å². The van der Waals surface area contributed by atoms with Crippen LogP contribution in [0, 0.1) is 0 Å². The Balaban J connectivity index is 2.13. The Labute approximate surface area is 98.2 Å². The standard InChI is InChI=1S/C11H13ClFN3/c12-11-9(8-14-6-3-5-13)16-7-2-1-4-10(16)15-11/h1-2,4,7,14H,3,5-6,8H2. The second kappa shape index (κ2) is 5.27. The number of hydrogen-bond donors (Lipinski definition) is 1. The zero-order chi connectivity index (χ0) is 11.4. The van der Waals surface area contributed by atoms with E-state index < -0.39 is 0 Å². The fourth-order valence-corrected chi connectivity index (χ4v) is 1.82. The molecule has 2 aromatic rings. The molecule has 0 aliphatic carbocycles. The second-order valence-corrected chi connectivity index (χ2v) is 3.86. The van der Waals surface area contributed by atoms with Crippen LogP contribution in [0.2, 0.25) is 5.15 Å². The van der Waals surface area contributed by atoms with Crippen molar-refractivity contribution < 1.29 is 4.39 Å². The summed E-state index contributed by atoms with van der Waals surface area (Å²) in [6, 6.07) is 5.74. The van der Waals surface area contributed by atoms with Gasteiger partial charge in [0, 0.05) is 12.7 Å². The zero-order valence-corrected chi connectivity index (χ0v) is 9.54. The van der Waals surface area contributed by atoms with E-state index >= 15 is 0 Å². The lowest BCUT2D eigenvalue weighted by molar-refractivity contribution is 0.458. The molecular formula is C11H13ClFN3. The maximum atomic E-state index is 11.9. The highest BCUT2D eigenvalue weighted by atomic mass is 35.5. The Bertz CT molecular complexity index is 469. The van der Waals surface area contributed by atoms with Gasteiger partial charge in [-0.1, -0.05) is 17.7 Å². The minimum Gasteiger partial charge on any atom is -0.311 e. The van der Waals surface area contributed by atoms with Crippen LogP contribution in [0.25, 0.3) is 5.65 Å². The molecule has 0 aromatic carbocycles. The molecule has 2 rings (SSSR count). The first kappa shape index (κ1) is 11.4. The van der Waals surface area contributed by atoms with E-state index in [1.54, 1.807) is 0 Å². The number of alkyl halides is 1. The average Bonchev–Trinajstić information content (AvgIpc) is 2.61. The first-order chi connectivity index (χ1) is 7.83. The number of halogens is 2. The molecule has 0 saturated heterocycles. The van der Waals surface area contributed by atoms with Crippen LogP contribution >= 0.6 is 11.6 Å². The third kappa shape index (κ3) is 2.33. The molecular weight excluding hydrogens is 229 g/mol. The summed E-state index contributed by atoms with van der Waals surface area (Å²) in [7, 11) is 0. The highest BCUT2D eigenvalue weighted by Gasteiger charge is 2.08. The number of fused-ring (bicyclic) bond motifs is 1. The maximum Gasteiger partial charge on any atom is 0.152 e. The molecule has 2 heterocycles. The summed E-state index contributed by atoms with van der Waals surface area (Å²) < 4.78 is 13.8. The Morgan fingerprint density at radius 1 is 1.44 bits per heavy atom. The number of nitrogens with one attached hydrogen (secondary N) is 1. The molecule has 0 fully saturated rings. The minimum absolute atomic E-state index is 0.298. The normalized spacial score (nSPS) is 11.1. The van der Waals surface area contributed by atoms with Gasteiger partial charge in [0.15, 0.2) is 5.15 Å². The average molecular weight is 242 g/mol. The van der Waals surface area contributed by atoms with Crippen LogP contribution in [0.4, 0.5) is 4.39 Å². The third-order valence-corrected chi connectivity index (χ3v) is 2.66. The Hall–Kier alpha value is -1.13. The number of imidazole rings is 1. The highest BCUT2D eigenvalue weighted by Crippen LogP contribution is 2.16. The summed E-state index contributed by atoms with van der Waals surface area (Å²) in [6.45, 7) is 0.949. The molecule has 0 spiro atoms. The van der Waals surface area contributed by atoms with Crippen LogP contribution in [-0.4, -0.2) is 22.6 Å². The van der Waals surface area contributed by atoms with Crippen LogP contribution in [0.3, 0.4) is 0 Å². The zero-order valence-electron chi connectivity index (χ0n) is 8.79. The fourth-order valence-electron chi connectivity index (χ4n) is 1.57. The van der Waals surface area contributed by atoms with Gasteiger partial charge in [0.25, 0.3) is 0 Å². The molecule has 0 bridgehead atoms. The fraction of sp³-hybridized carbons (Fsp3) is 0.364. The van der Waals surface area contributed by atoms with Crippen molar-refractivity contribution in [2.75, 3.05) is 13.2 Å². The summed E-state index contributed by atoms with van der Waals surface area (Å²) in [5, 5.41) is 3.64. The smallest absolute Gasteiger partial charge is 0.152 e. The number of rotatable bonds is 5. The summed E-state index contributed by atoms with van der Waals surface area (Å²) in [5.41, 5.74) is 1.74. The van der Waals surface area contributed by atoms with E-state index in [0.29, 0.717) is 24.7 Å². The SMILES string of the molecule is FCCCNCc1c(Cl)nc2ccccn12. The summed E-state index contributed by atoms with van der Waals surface area (Å²) in [5.74, 6) is 0. The number of hydrogen-bond acceptors (Lipinski definition) is 2. The van der Waals surface area contributed by atoms with E-state index in [4.69, 9.17) is 11.6 Å². The van der Waals surface area contributed by atoms with Crippen LogP contribution in [0.5, 0.6) is 0 Å². The van der Waals surface area contributed by atoms with Gasteiger partial charge in [0.2, 0.25) is 0 Å². The summed E-state index contributed by atoms with van der Waals surface area (Å²) >= 11 is 6.03. The number of pyridine rings is 1. The minimum atomic E-state index is -0.298. The van der Waals surface area contributed by atoms with Gasteiger partial charge < -0.3 is 9.72 Å². The van der Waals surface area contributed by atoms with Crippen LogP contribution in [-0.2, 0) is 6.54 Å². The largest absolute Gasteiger partial charge is 0.311 e. The molecule has 1 N–H and O–H groups in total. The van der Waals surface area contributed by atoms with E-state index in [9.17, 15) is 4.39 Å². The number of aromatic nitrogens is 2. The van der Waals surface area contributed by atoms with Crippen molar-refractivity contribution in [2.24, 2.45) is 0 Å². The van der Waals surface area contributed by atoms with Gasteiger partial charge in [-0.15, -0.1) is 0 Å².